The van der Waals surface area contributed by atoms with E-state index in [-0.39, 0.29) is 11.8 Å². The van der Waals surface area contributed by atoms with Gasteiger partial charge in [0.25, 0.3) is 11.8 Å². The monoisotopic (exact) mass is 436 g/mol. The second-order valence-electron chi connectivity index (χ2n) is 8.73. The summed E-state index contributed by atoms with van der Waals surface area (Å²) < 4.78 is 5.45. The van der Waals surface area contributed by atoms with Crippen LogP contribution in [0.15, 0.2) is 42.5 Å². The van der Waals surface area contributed by atoms with E-state index >= 15 is 0 Å². The van der Waals surface area contributed by atoms with Crippen molar-refractivity contribution in [2.45, 2.75) is 39.0 Å². The van der Waals surface area contributed by atoms with Crippen LogP contribution in [0.3, 0.4) is 0 Å². The van der Waals surface area contributed by atoms with Crippen LogP contribution >= 0.6 is 0 Å². The molecule has 0 aliphatic carbocycles. The molecule has 1 N–H and O–H groups in total. The van der Waals surface area contributed by atoms with Crippen LogP contribution in [0.5, 0.6) is 11.5 Å². The third-order valence-corrected chi connectivity index (χ3v) is 6.57. The van der Waals surface area contributed by atoms with Crippen molar-refractivity contribution in [3.05, 3.63) is 59.2 Å². The zero-order valence-electron chi connectivity index (χ0n) is 18.8. The summed E-state index contributed by atoms with van der Waals surface area (Å²) in [5, 5.41) is 10.3. The SMILES string of the molecule is CCOc1ccc(CC2CCN(CCCCN3C(=O)c4ccccc4C3=O)CC2)c(O)c1. The summed E-state index contributed by atoms with van der Waals surface area (Å²) in [6.45, 7) is 6.10. The Morgan fingerprint density at radius 2 is 1.62 bits per heavy atom. The van der Waals surface area contributed by atoms with Crippen molar-refractivity contribution >= 4 is 11.8 Å². The number of imide groups is 1. The van der Waals surface area contributed by atoms with E-state index in [9.17, 15) is 14.7 Å². The molecule has 0 radical (unpaired) electrons. The van der Waals surface area contributed by atoms with Gasteiger partial charge in [0.05, 0.1) is 17.7 Å². The van der Waals surface area contributed by atoms with E-state index in [2.05, 4.69) is 4.90 Å². The van der Waals surface area contributed by atoms with Gasteiger partial charge in [-0.3, -0.25) is 14.5 Å². The van der Waals surface area contributed by atoms with Crippen LogP contribution in [0.25, 0.3) is 0 Å². The van der Waals surface area contributed by atoms with Gasteiger partial charge in [-0.15, -0.1) is 0 Å². The maximum absolute atomic E-state index is 12.4. The van der Waals surface area contributed by atoms with Crippen molar-refractivity contribution < 1.29 is 19.4 Å². The molecule has 0 atom stereocenters. The number of nitrogens with zero attached hydrogens (tertiary/aromatic N) is 2. The largest absolute Gasteiger partial charge is 0.508 e. The molecule has 0 spiro atoms. The summed E-state index contributed by atoms with van der Waals surface area (Å²) in [6.07, 6.45) is 4.92. The smallest absolute Gasteiger partial charge is 0.261 e. The minimum atomic E-state index is -0.163. The van der Waals surface area contributed by atoms with Gasteiger partial charge in [-0.1, -0.05) is 18.2 Å². The fourth-order valence-electron chi connectivity index (χ4n) is 4.75. The number of hydrogen-bond acceptors (Lipinski definition) is 5. The fourth-order valence-corrected chi connectivity index (χ4v) is 4.75. The highest BCUT2D eigenvalue weighted by Gasteiger charge is 2.34. The Kier molecular flexibility index (Phi) is 7.10. The van der Waals surface area contributed by atoms with Crippen LogP contribution in [-0.4, -0.2) is 59.5 Å². The molecule has 0 unspecified atom stereocenters. The molecule has 2 heterocycles. The van der Waals surface area contributed by atoms with Crippen molar-refractivity contribution in [2.75, 3.05) is 32.8 Å². The predicted molar refractivity (Wildman–Crippen MR) is 123 cm³/mol. The topological polar surface area (TPSA) is 70.1 Å². The van der Waals surface area contributed by atoms with E-state index in [1.54, 1.807) is 30.3 Å². The first-order valence-corrected chi connectivity index (χ1v) is 11.7. The molecule has 1 saturated heterocycles. The summed E-state index contributed by atoms with van der Waals surface area (Å²) in [5.74, 6) is 1.29. The van der Waals surface area contributed by atoms with Gasteiger partial charge in [0.1, 0.15) is 11.5 Å². The highest BCUT2D eigenvalue weighted by molar-refractivity contribution is 6.21. The number of likely N-dealkylation sites (tertiary alicyclic amines) is 1. The van der Waals surface area contributed by atoms with Gasteiger partial charge >= 0.3 is 0 Å². The van der Waals surface area contributed by atoms with E-state index in [1.165, 1.54) is 4.90 Å². The number of phenolic OH excluding ortho intramolecular Hbond substituents is 1. The van der Waals surface area contributed by atoms with E-state index in [0.717, 1.165) is 57.3 Å². The Morgan fingerprint density at radius 1 is 0.969 bits per heavy atom. The molecule has 0 bridgehead atoms. The lowest BCUT2D eigenvalue weighted by atomic mass is 9.89. The molecule has 2 aromatic rings. The molecule has 1 fully saturated rings. The molecule has 170 valence electrons. The minimum absolute atomic E-state index is 0.163. The summed E-state index contributed by atoms with van der Waals surface area (Å²) in [5.41, 5.74) is 2.05. The minimum Gasteiger partial charge on any atom is -0.508 e. The van der Waals surface area contributed by atoms with Crippen molar-refractivity contribution in [3.63, 3.8) is 0 Å². The summed E-state index contributed by atoms with van der Waals surface area (Å²) in [6, 6.07) is 12.7. The number of phenols is 1. The van der Waals surface area contributed by atoms with Crippen LogP contribution in [-0.2, 0) is 6.42 Å². The molecule has 0 aromatic heterocycles. The Morgan fingerprint density at radius 3 is 2.25 bits per heavy atom. The van der Waals surface area contributed by atoms with Crippen molar-refractivity contribution in [1.82, 2.24) is 9.80 Å². The van der Waals surface area contributed by atoms with Crippen LogP contribution < -0.4 is 4.74 Å². The second kappa shape index (κ2) is 10.2. The van der Waals surface area contributed by atoms with Gasteiger partial charge in [0.15, 0.2) is 0 Å². The molecule has 6 nitrogen and oxygen atoms in total. The van der Waals surface area contributed by atoms with Crippen LogP contribution in [0, 0.1) is 5.92 Å². The lowest BCUT2D eigenvalue weighted by Crippen LogP contribution is -2.35. The molecular weight excluding hydrogens is 404 g/mol. The van der Waals surface area contributed by atoms with Gasteiger partial charge in [-0.05, 0) is 88.3 Å². The zero-order chi connectivity index (χ0) is 22.5. The van der Waals surface area contributed by atoms with Crippen molar-refractivity contribution in [2.24, 2.45) is 5.92 Å². The molecule has 32 heavy (non-hydrogen) atoms. The maximum atomic E-state index is 12.4. The number of benzene rings is 2. The number of unbranched alkanes of at least 4 members (excludes halogenated alkanes) is 1. The van der Waals surface area contributed by atoms with E-state index in [4.69, 9.17) is 4.74 Å². The van der Waals surface area contributed by atoms with E-state index in [0.29, 0.717) is 41.7 Å². The Balaban J connectivity index is 1.16. The second-order valence-corrected chi connectivity index (χ2v) is 8.73. The van der Waals surface area contributed by atoms with E-state index < -0.39 is 0 Å². The summed E-state index contributed by atoms with van der Waals surface area (Å²) in [4.78, 5) is 28.7. The Bertz CT molecular complexity index is 931. The first-order chi connectivity index (χ1) is 15.6. The predicted octanol–water partition coefficient (Wildman–Crippen LogP) is 4.12. The van der Waals surface area contributed by atoms with Crippen LogP contribution in [0.4, 0.5) is 0 Å². The Labute approximate surface area is 189 Å². The number of rotatable bonds is 9. The van der Waals surface area contributed by atoms with E-state index in [1.807, 2.05) is 19.1 Å². The van der Waals surface area contributed by atoms with Crippen LogP contribution in [0.1, 0.15) is 58.9 Å². The lowest BCUT2D eigenvalue weighted by Gasteiger charge is -2.32. The normalized spacial score (nSPS) is 17.1. The highest BCUT2D eigenvalue weighted by atomic mass is 16.5. The molecule has 2 aliphatic heterocycles. The molecular formula is C26H32N2O4. The fraction of sp³-hybridized carbons (Fsp3) is 0.462. The number of fused-ring (bicyclic) bond motifs is 1. The molecule has 0 saturated carbocycles. The van der Waals surface area contributed by atoms with Gasteiger partial charge < -0.3 is 14.7 Å². The number of piperidine rings is 1. The lowest BCUT2D eigenvalue weighted by molar-refractivity contribution is 0.0649. The zero-order valence-corrected chi connectivity index (χ0v) is 18.8. The quantitative estimate of drug-likeness (QED) is 0.473. The first-order valence-electron chi connectivity index (χ1n) is 11.7. The number of ether oxygens (including phenoxy) is 1. The van der Waals surface area contributed by atoms with Gasteiger partial charge in [0.2, 0.25) is 0 Å². The third-order valence-electron chi connectivity index (χ3n) is 6.57. The average molecular weight is 437 g/mol. The maximum Gasteiger partial charge on any atom is 0.261 e. The molecule has 2 aliphatic rings. The van der Waals surface area contributed by atoms with Crippen molar-refractivity contribution in [3.8, 4) is 11.5 Å². The van der Waals surface area contributed by atoms with Crippen molar-refractivity contribution in [1.29, 1.82) is 0 Å². The number of carbonyl (C=O) groups excluding carboxylic acids is 2. The van der Waals surface area contributed by atoms with Gasteiger partial charge in [-0.25, -0.2) is 0 Å². The number of amides is 2. The third kappa shape index (κ3) is 4.96. The molecule has 2 amide bonds. The molecule has 6 heteroatoms. The summed E-state index contributed by atoms with van der Waals surface area (Å²) in [7, 11) is 0. The number of carbonyl (C=O) groups is 2. The standard InChI is InChI=1S/C26H32N2O4/c1-2-32-21-10-9-20(24(29)18-21)17-19-11-15-27(16-12-19)13-5-6-14-28-25(30)22-7-3-4-8-23(22)26(28)31/h3-4,7-10,18-19,29H,2,5-6,11-17H2,1H3. The first kappa shape index (κ1) is 22.3. The van der Waals surface area contributed by atoms with Gasteiger partial charge in [-0.2, -0.15) is 0 Å². The average Bonchev–Trinajstić information content (AvgIpc) is 3.04. The number of hydrogen-bond donors (Lipinski definition) is 1. The van der Waals surface area contributed by atoms with Crippen LogP contribution in [0.2, 0.25) is 0 Å². The summed E-state index contributed by atoms with van der Waals surface area (Å²) >= 11 is 0. The molecule has 4 rings (SSSR count). The highest BCUT2D eigenvalue weighted by Crippen LogP contribution is 2.29. The molecule has 2 aromatic carbocycles. The van der Waals surface area contributed by atoms with Gasteiger partial charge in [0, 0.05) is 12.6 Å². The number of aromatic hydroxyl groups is 1. The Hall–Kier alpha value is -2.86.